The van der Waals surface area contributed by atoms with Gasteiger partial charge in [0.05, 0.1) is 0 Å². The molecule has 0 aliphatic carbocycles. The molecule has 1 aromatic carbocycles. The Labute approximate surface area is 157 Å². The predicted molar refractivity (Wildman–Crippen MR) is 74.2 cm³/mol. The highest BCUT2D eigenvalue weighted by Crippen LogP contribution is 2.60. The van der Waals surface area contributed by atoms with Crippen molar-refractivity contribution in [2.24, 2.45) is 0 Å². The number of thioether (sulfide) groups is 1. The molecule has 0 bridgehead atoms. The van der Waals surface area contributed by atoms with Crippen molar-refractivity contribution in [3.63, 3.8) is 0 Å². The van der Waals surface area contributed by atoms with Crippen LogP contribution in [0.4, 0.5) is 57.1 Å². The largest absolute Gasteiger partial charge is 0.508 e. The van der Waals surface area contributed by atoms with E-state index in [-0.39, 0.29) is 10.6 Å². The van der Waals surface area contributed by atoms with Crippen LogP contribution in [0.5, 0.6) is 5.75 Å². The minimum absolute atomic E-state index is 0.0441. The summed E-state index contributed by atoms with van der Waals surface area (Å²) in [6, 6.07) is 4.23. The van der Waals surface area contributed by atoms with Gasteiger partial charge in [-0.1, -0.05) is 0 Å². The molecule has 0 aliphatic rings. The number of hydrogen-bond donors (Lipinski definition) is 1. The van der Waals surface area contributed by atoms with Gasteiger partial charge in [-0.3, -0.25) is 0 Å². The Morgan fingerprint density at radius 1 is 0.621 bits per heavy atom. The molecule has 168 valence electrons. The third kappa shape index (κ3) is 4.33. The van der Waals surface area contributed by atoms with Gasteiger partial charge in [-0.2, -0.15) is 57.1 Å². The molecule has 0 radical (unpaired) electrons. The third-order valence-corrected chi connectivity index (χ3v) is 4.53. The van der Waals surface area contributed by atoms with Crippen LogP contribution >= 0.6 is 11.8 Å². The van der Waals surface area contributed by atoms with Crippen LogP contribution in [0.1, 0.15) is 6.42 Å². The highest BCUT2D eigenvalue weighted by Gasteiger charge is 2.90. The molecule has 0 aliphatic heterocycles. The zero-order valence-electron chi connectivity index (χ0n) is 13.5. The van der Waals surface area contributed by atoms with Gasteiger partial charge in [-0.15, -0.1) is 11.8 Å². The molecule has 0 saturated carbocycles. The normalized spacial score (nSPS) is 14.9. The Balaban J connectivity index is 3.09. The van der Waals surface area contributed by atoms with Crippen LogP contribution in [0.25, 0.3) is 0 Å². The van der Waals surface area contributed by atoms with Crippen molar-refractivity contribution < 1.29 is 62.2 Å². The molecular weight excluding hydrogens is 463 g/mol. The van der Waals surface area contributed by atoms with E-state index in [0.717, 1.165) is 24.3 Å². The number of halogens is 13. The van der Waals surface area contributed by atoms with E-state index in [9.17, 15) is 57.1 Å². The summed E-state index contributed by atoms with van der Waals surface area (Å²) in [5.74, 6) is -38.1. The zero-order chi connectivity index (χ0) is 23.1. The van der Waals surface area contributed by atoms with Crippen molar-refractivity contribution in [1.82, 2.24) is 0 Å². The zero-order valence-corrected chi connectivity index (χ0v) is 14.3. The Bertz CT molecular complexity index is 696. The molecule has 0 atom stereocenters. The number of phenolic OH excluding ortho intramolecular Hbond substituents is 1. The van der Waals surface area contributed by atoms with Gasteiger partial charge < -0.3 is 5.11 Å². The molecule has 15 heteroatoms. The minimum Gasteiger partial charge on any atom is -0.508 e. The lowest BCUT2D eigenvalue weighted by Crippen LogP contribution is -2.70. The topological polar surface area (TPSA) is 20.2 Å². The molecule has 0 aromatic heterocycles. The Morgan fingerprint density at radius 3 is 1.45 bits per heavy atom. The van der Waals surface area contributed by atoms with Gasteiger partial charge in [0.15, 0.2) is 0 Å². The molecule has 1 aromatic rings. The highest BCUT2D eigenvalue weighted by atomic mass is 32.2. The molecule has 0 saturated heterocycles. The van der Waals surface area contributed by atoms with Gasteiger partial charge in [0.2, 0.25) is 0 Å². The number of benzene rings is 1. The van der Waals surface area contributed by atoms with Crippen LogP contribution in [-0.2, 0) is 0 Å². The second-order valence-corrected chi connectivity index (χ2v) is 6.76. The maximum absolute atomic E-state index is 13.5. The van der Waals surface area contributed by atoms with Crippen LogP contribution in [0.15, 0.2) is 29.2 Å². The average Bonchev–Trinajstić information content (AvgIpc) is 2.54. The quantitative estimate of drug-likeness (QED) is 0.339. The molecular formula is C14H9F13OS. The second-order valence-electron chi connectivity index (χ2n) is 5.59. The number of rotatable bonds is 8. The fourth-order valence-electron chi connectivity index (χ4n) is 1.80. The number of phenols is 1. The Kier molecular flexibility index (Phi) is 6.69. The molecule has 0 spiro atoms. The third-order valence-electron chi connectivity index (χ3n) is 3.52. The van der Waals surface area contributed by atoms with Crippen molar-refractivity contribution in [3.05, 3.63) is 24.3 Å². The SMILES string of the molecule is Oc1ccc(SCCC(F)(F)C(F)(F)C(F)(F)C(F)(F)C(F)(F)C(F)(F)F)cc1. The van der Waals surface area contributed by atoms with Crippen LogP contribution in [0, 0.1) is 0 Å². The summed E-state index contributed by atoms with van der Waals surface area (Å²) >= 11 is 0.315. The first kappa shape index (κ1) is 25.5. The smallest absolute Gasteiger partial charge is 0.460 e. The lowest BCUT2D eigenvalue weighted by molar-refractivity contribution is -0.439. The Morgan fingerprint density at radius 2 is 1.03 bits per heavy atom. The van der Waals surface area contributed by atoms with Crippen molar-refractivity contribution in [3.8, 4) is 5.75 Å². The van der Waals surface area contributed by atoms with Gasteiger partial charge in [0.1, 0.15) is 5.75 Å². The average molecular weight is 472 g/mol. The lowest BCUT2D eigenvalue weighted by atomic mass is 9.93. The molecule has 0 heterocycles. The van der Waals surface area contributed by atoms with E-state index in [1.165, 1.54) is 0 Å². The van der Waals surface area contributed by atoms with Crippen LogP contribution in [0.3, 0.4) is 0 Å². The van der Waals surface area contributed by atoms with Gasteiger partial charge >= 0.3 is 35.8 Å². The van der Waals surface area contributed by atoms with Gasteiger partial charge in [-0.25, -0.2) is 0 Å². The first-order valence-corrected chi connectivity index (χ1v) is 8.08. The van der Waals surface area contributed by atoms with E-state index in [1.54, 1.807) is 0 Å². The predicted octanol–water partition coefficient (Wildman–Crippen LogP) is 6.61. The fraction of sp³-hybridized carbons (Fsp3) is 0.571. The summed E-state index contributed by atoms with van der Waals surface area (Å²) in [7, 11) is 0. The number of aromatic hydroxyl groups is 1. The first-order valence-electron chi connectivity index (χ1n) is 7.10. The fourth-order valence-corrected chi connectivity index (χ4v) is 2.72. The number of hydrogen-bond acceptors (Lipinski definition) is 2. The molecule has 0 amide bonds. The molecule has 1 nitrogen and oxygen atoms in total. The monoisotopic (exact) mass is 472 g/mol. The summed E-state index contributed by atoms with van der Waals surface area (Å²) in [4.78, 5) is 0.0441. The molecule has 0 unspecified atom stereocenters. The van der Waals surface area contributed by atoms with E-state index >= 15 is 0 Å². The van der Waals surface area contributed by atoms with Crippen molar-refractivity contribution in [1.29, 1.82) is 0 Å². The van der Waals surface area contributed by atoms with E-state index in [2.05, 4.69) is 0 Å². The standard InChI is InChI=1S/C14H9F13OS/c15-9(16,5-6-29-8-3-1-7(28)2-4-8)10(17,18)11(19,20)12(21,22)13(23,24)14(25,26)27/h1-4,28H,5-6H2. The lowest BCUT2D eigenvalue weighted by Gasteiger charge is -2.39. The second kappa shape index (κ2) is 7.61. The van der Waals surface area contributed by atoms with Crippen LogP contribution in [0.2, 0.25) is 0 Å². The Hall–Kier alpha value is -1.54. The maximum atomic E-state index is 13.5. The molecule has 1 N–H and O–H groups in total. The van der Waals surface area contributed by atoms with Crippen LogP contribution in [-0.4, -0.2) is 46.6 Å². The minimum atomic E-state index is -7.88. The van der Waals surface area contributed by atoms with E-state index in [1.807, 2.05) is 0 Å². The molecule has 29 heavy (non-hydrogen) atoms. The van der Waals surface area contributed by atoms with E-state index in [0.29, 0.717) is 11.8 Å². The first-order chi connectivity index (χ1) is 12.7. The summed E-state index contributed by atoms with van der Waals surface area (Å²) in [5, 5.41) is 8.98. The van der Waals surface area contributed by atoms with Crippen molar-refractivity contribution in [2.75, 3.05) is 5.75 Å². The van der Waals surface area contributed by atoms with Gasteiger partial charge in [0.25, 0.3) is 0 Å². The van der Waals surface area contributed by atoms with Gasteiger partial charge in [0, 0.05) is 17.1 Å². The van der Waals surface area contributed by atoms with Crippen molar-refractivity contribution >= 4 is 11.8 Å². The van der Waals surface area contributed by atoms with Crippen LogP contribution < -0.4 is 0 Å². The summed E-state index contributed by atoms with van der Waals surface area (Å²) in [6.07, 6.45) is -9.69. The summed E-state index contributed by atoms with van der Waals surface area (Å²) in [6.45, 7) is 0. The maximum Gasteiger partial charge on any atom is 0.460 e. The van der Waals surface area contributed by atoms with E-state index in [4.69, 9.17) is 5.11 Å². The molecule has 1 rings (SSSR count). The number of alkyl halides is 13. The molecule has 0 fully saturated rings. The van der Waals surface area contributed by atoms with Gasteiger partial charge in [-0.05, 0) is 24.3 Å². The summed E-state index contributed by atoms with van der Waals surface area (Å²) < 4.78 is 168. The van der Waals surface area contributed by atoms with E-state index < -0.39 is 48.0 Å². The van der Waals surface area contributed by atoms with Crippen molar-refractivity contribution in [2.45, 2.75) is 47.1 Å². The summed E-state index contributed by atoms with van der Waals surface area (Å²) in [5.41, 5.74) is 0. The highest BCUT2D eigenvalue weighted by molar-refractivity contribution is 7.99.